The van der Waals surface area contributed by atoms with Crippen molar-refractivity contribution in [1.82, 2.24) is 0 Å². The van der Waals surface area contributed by atoms with Crippen molar-refractivity contribution in [2.24, 2.45) is 4.99 Å². The first-order valence-corrected chi connectivity index (χ1v) is 12.2. The van der Waals surface area contributed by atoms with Crippen LogP contribution in [0.3, 0.4) is 0 Å². The topological polar surface area (TPSA) is 76.0 Å². The van der Waals surface area contributed by atoms with E-state index < -0.39 is 15.7 Å². The number of amides is 1. The Morgan fingerprint density at radius 2 is 1.90 bits per heavy atom. The number of thioether (sulfide) groups is 1. The summed E-state index contributed by atoms with van der Waals surface area (Å²) in [5.41, 5.74) is 0.645. The van der Waals surface area contributed by atoms with Gasteiger partial charge >= 0.3 is 0 Å². The van der Waals surface area contributed by atoms with E-state index in [0.29, 0.717) is 26.6 Å². The Bertz CT molecular complexity index is 1080. The molecule has 152 valence electrons. The van der Waals surface area contributed by atoms with Gasteiger partial charge in [-0.3, -0.25) is 4.79 Å². The molecule has 10 heteroatoms. The summed E-state index contributed by atoms with van der Waals surface area (Å²) in [6, 6.07) is 13.7. The number of sulfone groups is 1. The lowest BCUT2D eigenvalue weighted by molar-refractivity contribution is -0.119. The van der Waals surface area contributed by atoms with Gasteiger partial charge in [-0.05, 0) is 30.3 Å². The van der Waals surface area contributed by atoms with E-state index in [-0.39, 0.29) is 29.4 Å². The maximum Gasteiger partial charge on any atom is 0.285 e. The quantitative estimate of drug-likeness (QED) is 0.678. The highest BCUT2D eigenvalue weighted by atomic mass is 35.5. The number of rotatable bonds is 4. The molecule has 2 aliphatic rings. The Morgan fingerprint density at radius 3 is 2.62 bits per heavy atom. The number of hydrogen-bond donors (Lipinski definition) is 0. The van der Waals surface area contributed by atoms with Gasteiger partial charge in [0.05, 0.1) is 27.6 Å². The number of carbonyl (C=O) groups excluding carboxylic acids is 1. The molecule has 0 aromatic heterocycles. The van der Waals surface area contributed by atoms with Crippen LogP contribution < -0.4 is 9.64 Å². The number of nitrogens with zero attached hydrogens (tertiary/aromatic N) is 2. The number of halogens is 2. The first-order chi connectivity index (χ1) is 13.8. The lowest BCUT2D eigenvalue weighted by atomic mass is 10.2. The summed E-state index contributed by atoms with van der Waals surface area (Å²) in [6.07, 6.45) is 0. The van der Waals surface area contributed by atoms with Crippen LogP contribution in [-0.4, -0.2) is 48.9 Å². The minimum atomic E-state index is -3.15. The number of fused-ring (bicyclic) bond motifs is 1. The molecule has 2 heterocycles. The molecule has 2 unspecified atom stereocenters. The van der Waals surface area contributed by atoms with E-state index in [2.05, 4.69) is 4.99 Å². The molecular weight excluding hydrogens is 455 g/mol. The molecule has 2 aliphatic heterocycles. The third-order valence-electron chi connectivity index (χ3n) is 4.57. The van der Waals surface area contributed by atoms with Gasteiger partial charge in [-0.1, -0.05) is 53.2 Å². The van der Waals surface area contributed by atoms with Crippen molar-refractivity contribution in [3.8, 4) is 5.75 Å². The summed E-state index contributed by atoms with van der Waals surface area (Å²) < 4.78 is 29.7. The summed E-state index contributed by atoms with van der Waals surface area (Å²) in [5.74, 6) is 0.167. The molecule has 2 fully saturated rings. The van der Waals surface area contributed by atoms with Gasteiger partial charge in [-0.2, -0.15) is 4.99 Å². The lowest BCUT2D eigenvalue weighted by Gasteiger charge is -2.24. The van der Waals surface area contributed by atoms with Crippen LogP contribution in [0, 0.1) is 0 Å². The maximum absolute atomic E-state index is 12.4. The van der Waals surface area contributed by atoms with Crippen molar-refractivity contribution in [3.05, 3.63) is 58.6 Å². The fraction of sp³-hybridized carbons (Fsp3) is 0.263. The predicted molar refractivity (Wildman–Crippen MR) is 117 cm³/mol. The summed E-state index contributed by atoms with van der Waals surface area (Å²) in [6.45, 7) is -0.211. The number of para-hydroxylation sites is 1. The van der Waals surface area contributed by atoms with Crippen molar-refractivity contribution >= 4 is 61.6 Å². The summed E-state index contributed by atoms with van der Waals surface area (Å²) in [7, 11) is -3.15. The molecule has 1 amide bonds. The molecule has 2 aromatic carbocycles. The Kier molecular flexibility index (Phi) is 5.79. The second-order valence-corrected chi connectivity index (χ2v) is 10.8. The van der Waals surface area contributed by atoms with E-state index in [4.69, 9.17) is 27.9 Å². The highest BCUT2D eigenvalue weighted by molar-refractivity contribution is 8.16. The zero-order valence-electron chi connectivity index (χ0n) is 15.0. The molecule has 29 heavy (non-hydrogen) atoms. The molecule has 6 nitrogen and oxygen atoms in total. The second kappa shape index (κ2) is 8.18. The van der Waals surface area contributed by atoms with Crippen LogP contribution in [0.1, 0.15) is 0 Å². The molecule has 0 radical (unpaired) electrons. The average molecular weight is 471 g/mol. The molecule has 0 saturated carbocycles. The Balaban J connectivity index is 1.59. The van der Waals surface area contributed by atoms with E-state index in [1.807, 2.05) is 18.2 Å². The lowest BCUT2D eigenvalue weighted by Crippen LogP contribution is -2.37. The first-order valence-electron chi connectivity index (χ1n) is 8.73. The van der Waals surface area contributed by atoms with Crippen LogP contribution in [0.2, 0.25) is 10.0 Å². The van der Waals surface area contributed by atoms with Crippen LogP contribution in [0.15, 0.2) is 53.5 Å². The highest BCUT2D eigenvalue weighted by Gasteiger charge is 2.49. The number of hydrogen-bond acceptors (Lipinski definition) is 5. The van der Waals surface area contributed by atoms with Gasteiger partial charge in [0.2, 0.25) is 0 Å². The number of benzene rings is 2. The fourth-order valence-corrected chi connectivity index (χ4v) is 7.53. The molecule has 2 atom stereocenters. The van der Waals surface area contributed by atoms with E-state index in [0.717, 1.165) is 0 Å². The Hall–Kier alpha value is -1.74. The molecule has 0 N–H and O–H groups in total. The maximum atomic E-state index is 12.4. The predicted octanol–water partition coefficient (Wildman–Crippen LogP) is 3.67. The molecule has 2 aromatic rings. The molecule has 0 bridgehead atoms. The van der Waals surface area contributed by atoms with Crippen LogP contribution in [0.25, 0.3) is 0 Å². The second-order valence-electron chi connectivity index (χ2n) is 6.66. The van der Waals surface area contributed by atoms with Crippen molar-refractivity contribution < 1.29 is 17.9 Å². The van der Waals surface area contributed by atoms with Gasteiger partial charge in [0.25, 0.3) is 5.91 Å². The van der Waals surface area contributed by atoms with Gasteiger partial charge in [0, 0.05) is 10.9 Å². The van der Waals surface area contributed by atoms with Gasteiger partial charge in [0.15, 0.2) is 21.6 Å². The van der Waals surface area contributed by atoms with Gasteiger partial charge in [-0.25, -0.2) is 8.42 Å². The zero-order valence-corrected chi connectivity index (χ0v) is 18.1. The zero-order chi connectivity index (χ0) is 20.6. The Labute approximate surface area is 182 Å². The minimum absolute atomic E-state index is 0.00135. The molecule has 2 saturated heterocycles. The van der Waals surface area contributed by atoms with Crippen LogP contribution in [0.5, 0.6) is 5.75 Å². The van der Waals surface area contributed by atoms with Crippen molar-refractivity contribution in [1.29, 1.82) is 0 Å². The number of anilines is 1. The number of carbonyl (C=O) groups is 1. The molecule has 0 aliphatic carbocycles. The number of ether oxygens (including phenoxy) is 1. The van der Waals surface area contributed by atoms with Crippen molar-refractivity contribution in [2.45, 2.75) is 11.3 Å². The number of amidine groups is 1. The van der Waals surface area contributed by atoms with E-state index in [1.54, 1.807) is 35.2 Å². The van der Waals surface area contributed by atoms with Crippen LogP contribution in [0.4, 0.5) is 5.69 Å². The highest BCUT2D eigenvalue weighted by Crippen LogP contribution is 2.42. The summed E-state index contributed by atoms with van der Waals surface area (Å²) >= 11 is 13.5. The average Bonchev–Trinajstić information content (AvgIpc) is 3.14. The fourth-order valence-electron chi connectivity index (χ4n) is 3.30. The van der Waals surface area contributed by atoms with E-state index >= 15 is 0 Å². The largest absolute Gasteiger partial charge is 0.484 e. The Morgan fingerprint density at radius 1 is 1.14 bits per heavy atom. The summed E-state index contributed by atoms with van der Waals surface area (Å²) in [4.78, 5) is 18.4. The molecule has 4 rings (SSSR count). The van der Waals surface area contributed by atoms with Gasteiger partial charge in [-0.15, -0.1) is 0 Å². The van der Waals surface area contributed by atoms with Crippen molar-refractivity contribution in [2.75, 3.05) is 23.0 Å². The number of aliphatic imine (C=N–C) groups is 1. The van der Waals surface area contributed by atoms with E-state index in [9.17, 15) is 13.2 Å². The normalized spacial score (nSPS) is 23.9. The minimum Gasteiger partial charge on any atom is -0.484 e. The van der Waals surface area contributed by atoms with Gasteiger partial charge < -0.3 is 9.64 Å². The molecular formula is C19H16Cl2N2O4S2. The van der Waals surface area contributed by atoms with Crippen molar-refractivity contribution in [3.63, 3.8) is 0 Å². The third-order valence-corrected chi connectivity index (χ3v) is 8.52. The van der Waals surface area contributed by atoms with Crippen LogP contribution >= 0.6 is 35.0 Å². The summed E-state index contributed by atoms with van der Waals surface area (Å²) in [5, 5.41) is 0.978. The monoisotopic (exact) mass is 470 g/mol. The van der Waals surface area contributed by atoms with Crippen LogP contribution in [-0.2, 0) is 14.6 Å². The van der Waals surface area contributed by atoms with E-state index in [1.165, 1.54) is 11.8 Å². The smallest absolute Gasteiger partial charge is 0.285 e. The third kappa shape index (κ3) is 4.55. The molecule has 0 spiro atoms. The SMILES string of the molecule is O=C(COc1ccccc1)N=C1SC2CS(=O)(=O)CC2N1c1ccc(Cl)c(Cl)c1. The van der Waals surface area contributed by atoms with Gasteiger partial charge in [0.1, 0.15) is 5.75 Å². The first kappa shape index (κ1) is 20.5. The standard InChI is InChI=1S/C19H16Cl2N2O4S2/c20-14-7-6-12(8-15(14)21)23-16-10-29(25,26)11-17(16)28-19(23)22-18(24)9-27-13-4-2-1-3-5-13/h1-8,16-17H,9-11H2.